The molecule has 132 valence electrons. The van der Waals surface area contributed by atoms with Gasteiger partial charge in [0.1, 0.15) is 5.82 Å². The third-order valence-electron chi connectivity index (χ3n) is 4.62. The Labute approximate surface area is 149 Å². The number of hydrogen-bond acceptors (Lipinski definition) is 4. The summed E-state index contributed by atoms with van der Waals surface area (Å²) < 4.78 is 0. The van der Waals surface area contributed by atoms with E-state index in [4.69, 9.17) is 0 Å². The summed E-state index contributed by atoms with van der Waals surface area (Å²) in [6.45, 7) is 6.16. The van der Waals surface area contributed by atoms with Crippen LogP contribution in [0.15, 0.2) is 42.6 Å². The summed E-state index contributed by atoms with van der Waals surface area (Å²) in [6.07, 6.45) is 2.97. The molecule has 5 nitrogen and oxygen atoms in total. The van der Waals surface area contributed by atoms with Crippen molar-refractivity contribution in [2.45, 2.75) is 19.8 Å². The minimum atomic E-state index is 0.0229. The van der Waals surface area contributed by atoms with Crippen LogP contribution in [-0.2, 0) is 11.2 Å². The summed E-state index contributed by atoms with van der Waals surface area (Å²) in [5.41, 5.74) is 3.18. The highest BCUT2D eigenvalue weighted by Crippen LogP contribution is 2.16. The normalized spacial score (nSPS) is 15.2. The fourth-order valence-electron chi connectivity index (χ4n) is 2.92. The molecule has 0 aliphatic carbocycles. The number of nitrogens with one attached hydrogen (secondary N) is 1. The van der Waals surface area contributed by atoms with Gasteiger partial charge in [-0.15, -0.1) is 0 Å². The zero-order valence-electron chi connectivity index (χ0n) is 15.0. The SMILES string of the molecule is Cc1ccc(CCC(=O)Nc2ccc(N3CCN(C)CC3)nc2)cc1. The maximum atomic E-state index is 12.1. The van der Waals surface area contributed by atoms with E-state index in [0.29, 0.717) is 6.42 Å². The number of carbonyl (C=O) groups is 1. The molecule has 25 heavy (non-hydrogen) atoms. The van der Waals surface area contributed by atoms with Crippen molar-refractivity contribution >= 4 is 17.4 Å². The van der Waals surface area contributed by atoms with Crippen LogP contribution in [0.5, 0.6) is 0 Å². The Morgan fingerprint density at radius 2 is 1.80 bits per heavy atom. The molecule has 0 saturated carbocycles. The maximum Gasteiger partial charge on any atom is 0.224 e. The monoisotopic (exact) mass is 338 g/mol. The number of likely N-dealkylation sites (N-methyl/N-ethyl adjacent to an activating group) is 1. The number of benzene rings is 1. The smallest absolute Gasteiger partial charge is 0.224 e. The summed E-state index contributed by atoms with van der Waals surface area (Å²) in [5.74, 6) is 1.00. The van der Waals surface area contributed by atoms with Gasteiger partial charge in [-0.1, -0.05) is 29.8 Å². The maximum absolute atomic E-state index is 12.1. The first-order valence-electron chi connectivity index (χ1n) is 8.85. The van der Waals surface area contributed by atoms with Gasteiger partial charge in [0.15, 0.2) is 0 Å². The van der Waals surface area contributed by atoms with Crippen molar-refractivity contribution in [2.75, 3.05) is 43.4 Å². The zero-order valence-corrected chi connectivity index (χ0v) is 15.0. The van der Waals surface area contributed by atoms with E-state index in [2.05, 4.69) is 58.3 Å². The largest absolute Gasteiger partial charge is 0.354 e. The molecule has 2 heterocycles. The predicted octanol–water partition coefficient (Wildman–Crippen LogP) is 2.71. The summed E-state index contributed by atoms with van der Waals surface area (Å²) in [6, 6.07) is 12.2. The van der Waals surface area contributed by atoms with E-state index in [9.17, 15) is 4.79 Å². The predicted molar refractivity (Wildman–Crippen MR) is 102 cm³/mol. The van der Waals surface area contributed by atoms with Crippen molar-refractivity contribution < 1.29 is 4.79 Å². The first kappa shape index (κ1) is 17.4. The molecule has 1 amide bonds. The molecular formula is C20H26N4O. The quantitative estimate of drug-likeness (QED) is 0.911. The number of anilines is 2. The second-order valence-corrected chi connectivity index (χ2v) is 6.73. The molecule has 0 spiro atoms. The van der Waals surface area contributed by atoms with Crippen LogP contribution in [0, 0.1) is 6.92 Å². The van der Waals surface area contributed by atoms with Gasteiger partial charge in [0, 0.05) is 32.6 Å². The third-order valence-corrected chi connectivity index (χ3v) is 4.62. The topological polar surface area (TPSA) is 48.5 Å². The van der Waals surface area contributed by atoms with Gasteiger partial charge in [-0.2, -0.15) is 0 Å². The fraction of sp³-hybridized carbons (Fsp3) is 0.400. The molecule has 2 aromatic rings. The number of carbonyl (C=O) groups excluding carboxylic acids is 1. The Hall–Kier alpha value is -2.40. The number of aryl methyl sites for hydroxylation is 2. The molecule has 1 aliphatic heterocycles. The molecule has 0 unspecified atom stereocenters. The third kappa shape index (κ3) is 5.03. The summed E-state index contributed by atoms with van der Waals surface area (Å²) >= 11 is 0. The molecule has 0 atom stereocenters. The van der Waals surface area contributed by atoms with Gasteiger partial charge in [-0.3, -0.25) is 4.79 Å². The Balaban J connectivity index is 1.49. The first-order chi connectivity index (χ1) is 12.1. The van der Waals surface area contributed by atoms with Gasteiger partial charge in [0.2, 0.25) is 5.91 Å². The van der Waals surface area contributed by atoms with Crippen LogP contribution in [0.2, 0.25) is 0 Å². The lowest BCUT2D eigenvalue weighted by atomic mass is 10.1. The number of piperazine rings is 1. The Morgan fingerprint density at radius 1 is 1.08 bits per heavy atom. The molecular weight excluding hydrogens is 312 g/mol. The molecule has 3 rings (SSSR count). The number of pyridine rings is 1. The Kier molecular flexibility index (Phi) is 5.66. The molecule has 1 N–H and O–H groups in total. The Bertz CT molecular complexity index is 689. The van der Waals surface area contributed by atoms with Crippen molar-refractivity contribution in [1.82, 2.24) is 9.88 Å². The van der Waals surface area contributed by atoms with E-state index in [1.807, 2.05) is 12.1 Å². The second kappa shape index (κ2) is 8.12. The Morgan fingerprint density at radius 3 is 2.44 bits per heavy atom. The van der Waals surface area contributed by atoms with Crippen LogP contribution in [0.1, 0.15) is 17.5 Å². The van der Waals surface area contributed by atoms with Crippen LogP contribution < -0.4 is 10.2 Å². The van der Waals surface area contributed by atoms with Gasteiger partial charge in [-0.05, 0) is 38.1 Å². The van der Waals surface area contributed by atoms with E-state index in [1.54, 1.807) is 6.20 Å². The van der Waals surface area contributed by atoms with Crippen LogP contribution in [0.4, 0.5) is 11.5 Å². The molecule has 0 bridgehead atoms. The van der Waals surface area contributed by atoms with Crippen molar-refractivity contribution in [1.29, 1.82) is 0 Å². The minimum absolute atomic E-state index is 0.0229. The molecule has 1 saturated heterocycles. The van der Waals surface area contributed by atoms with Crippen LogP contribution in [0.3, 0.4) is 0 Å². The highest BCUT2D eigenvalue weighted by molar-refractivity contribution is 5.90. The number of aromatic nitrogens is 1. The second-order valence-electron chi connectivity index (χ2n) is 6.73. The summed E-state index contributed by atoms with van der Waals surface area (Å²) in [4.78, 5) is 21.2. The molecule has 1 aromatic carbocycles. The van der Waals surface area contributed by atoms with E-state index < -0.39 is 0 Å². The number of hydrogen-bond donors (Lipinski definition) is 1. The van der Waals surface area contributed by atoms with Gasteiger partial charge < -0.3 is 15.1 Å². The number of nitrogens with zero attached hydrogens (tertiary/aromatic N) is 3. The van der Waals surface area contributed by atoms with E-state index in [-0.39, 0.29) is 5.91 Å². The van der Waals surface area contributed by atoms with Gasteiger partial charge in [-0.25, -0.2) is 4.98 Å². The van der Waals surface area contributed by atoms with E-state index in [1.165, 1.54) is 11.1 Å². The molecule has 5 heteroatoms. The first-order valence-corrected chi connectivity index (χ1v) is 8.85. The highest BCUT2D eigenvalue weighted by Gasteiger charge is 2.15. The minimum Gasteiger partial charge on any atom is -0.354 e. The van der Waals surface area contributed by atoms with Gasteiger partial charge >= 0.3 is 0 Å². The lowest BCUT2D eigenvalue weighted by Gasteiger charge is -2.33. The fourth-order valence-corrected chi connectivity index (χ4v) is 2.92. The highest BCUT2D eigenvalue weighted by atomic mass is 16.1. The van der Waals surface area contributed by atoms with E-state index >= 15 is 0 Å². The van der Waals surface area contributed by atoms with Gasteiger partial charge in [0.05, 0.1) is 11.9 Å². The lowest BCUT2D eigenvalue weighted by molar-refractivity contribution is -0.116. The van der Waals surface area contributed by atoms with E-state index in [0.717, 1.165) is 44.1 Å². The average molecular weight is 338 g/mol. The molecule has 0 radical (unpaired) electrons. The summed E-state index contributed by atoms with van der Waals surface area (Å²) in [7, 11) is 2.14. The van der Waals surface area contributed by atoms with Crippen LogP contribution in [0.25, 0.3) is 0 Å². The average Bonchev–Trinajstić information content (AvgIpc) is 2.63. The van der Waals surface area contributed by atoms with Crippen molar-refractivity contribution in [2.24, 2.45) is 0 Å². The van der Waals surface area contributed by atoms with Crippen LogP contribution >= 0.6 is 0 Å². The molecule has 1 fully saturated rings. The number of amides is 1. The van der Waals surface area contributed by atoms with Gasteiger partial charge in [0.25, 0.3) is 0 Å². The standard InChI is InChI=1S/C20H26N4O/c1-16-3-5-17(6-4-16)7-10-20(25)22-18-8-9-19(21-15-18)24-13-11-23(2)12-14-24/h3-6,8-9,15H,7,10-14H2,1-2H3,(H,22,25). The van der Waals surface area contributed by atoms with Crippen molar-refractivity contribution in [3.8, 4) is 0 Å². The van der Waals surface area contributed by atoms with Crippen LogP contribution in [-0.4, -0.2) is 49.0 Å². The molecule has 1 aliphatic rings. The zero-order chi connectivity index (χ0) is 17.6. The number of rotatable bonds is 5. The molecule has 1 aromatic heterocycles. The van der Waals surface area contributed by atoms with Crippen molar-refractivity contribution in [3.05, 3.63) is 53.7 Å². The van der Waals surface area contributed by atoms with Crippen molar-refractivity contribution in [3.63, 3.8) is 0 Å². The lowest BCUT2D eigenvalue weighted by Crippen LogP contribution is -2.44. The summed E-state index contributed by atoms with van der Waals surface area (Å²) in [5, 5.41) is 2.93.